The molecule has 0 radical (unpaired) electrons. The van der Waals surface area contributed by atoms with E-state index in [1.165, 1.54) is 0 Å². The number of aliphatic hydroxyl groups excluding tert-OH is 1. The molecule has 1 atom stereocenters. The Labute approximate surface area is 186 Å². The van der Waals surface area contributed by atoms with Gasteiger partial charge in [0.25, 0.3) is 0 Å². The molecule has 1 saturated carbocycles. The highest BCUT2D eigenvalue weighted by atomic mass is 16.7. The molecular weight excluding hydrogens is 410 g/mol. The van der Waals surface area contributed by atoms with Gasteiger partial charge in [0.05, 0.1) is 29.8 Å². The van der Waals surface area contributed by atoms with Gasteiger partial charge in [-0.15, -0.1) is 0 Å². The quantitative estimate of drug-likeness (QED) is 0.604. The number of aliphatic hydroxyl groups is 1. The van der Waals surface area contributed by atoms with Gasteiger partial charge in [-0.05, 0) is 51.7 Å². The van der Waals surface area contributed by atoms with Crippen LogP contribution in [-0.4, -0.2) is 62.1 Å². The summed E-state index contributed by atoms with van der Waals surface area (Å²) in [6, 6.07) is 7.97. The maximum atomic E-state index is 9.71. The highest BCUT2D eigenvalue weighted by Gasteiger charge is 2.33. The number of aromatic nitrogens is 4. The largest absolute Gasteiger partial charge is 0.490 e. The molecule has 0 spiro atoms. The molecule has 1 saturated heterocycles. The van der Waals surface area contributed by atoms with Crippen LogP contribution in [0.15, 0.2) is 36.7 Å². The molecule has 2 aliphatic rings. The number of ether oxygens (including phenoxy) is 3. The Morgan fingerprint density at radius 3 is 2.84 bits per heavy atom. The first-order valence-corrected chi connectivity index (χ1v) is 11.2. The van der Waals surface area contributed by atoms with Crippen LogP contribution in [-0.2, 0) is 9.47 Å². The molecule has 1 aromatic carbocycles. The maximum absolute atomic E-state index is 9.71. The van der Waals surface area contributed by atoms with Gasteiger partial charge in [-0.25, -0.2) is 9.67 Å². The lowest BCUT2D eigenvalue weighted by Gasteiger charge is -2.26. The van der Waals surface area contributed by atoms with Gasteiger partial charge in [-0.1, -0.05) is 6.07 Å². The van der Waals surface area contributed by atoms with Crippen molar-refractivity contribution in [3.8, 4) is 11.6 Å². The van der Waals surface area contributed by atoms with Crippen LogP contribution in [0.2, 0.25) is 0 Å². The molecule has 9 nitrogen and oxygen atoms in total. The zero-order valence-electron chi connectivity index (χ0n) is 18.4. The fraction of sp³-hybridized carbons (Fsp3) is 0.522. The molecule has 2 N–H and O–H groups in total. The van der Waals surface area contributed by atoms with E-state index in [1.54, 1.807) is 17.1 Å². The molecule has 170 valence electrons. The van der Waals surface area contributed by atoms with Crippen LogP contribution < -0.4 is 10.1 Å². The van der Waals surface area contributed by atoms with Crippen molar-refractivity contribution in [2.24, 2.45) is 0 Å². The van der Waals surface area contributed by atoms with Gasteiger partial charge in [-0.2, -0.15) is 10.1 Å². The topological polar surface area (TPSA) is 104 Å². The van der Waals surface area contributed by atoms with Crippen molar-refractivity contribution < 1.29 is 19.3 Å². The molecule has 3 heterocycles. The molecule has 0 bridgehead atoms. The molecule has 1 unspecified atom stereocenters. The lowest BCUT2D eigenvalue weighted by molar-refractivity contribution is -0.141. The lowest BCUT2D eigenvalue weighted by atomic mass is 9.93. The SMILES string of the molecule is CC1(C)OCC(COc2cccc3c2cnn3-c2ccnc(NC3CCC(O)CC3)n2)O1. The summed E-state index contributed by atoms with van der Waals surface area (Å²) in [6.45, 7) is 4.73. The van der Waals surface area contributed by atoms with Crippen molar-refractivity contribution >= 4 is 16.9 Å². The first kappa shape index (κ1) is 21.1. The number of anilines is 1. The summed E-state index contributed by atoms with van der Waals surface area (Å²) in [4.78, 5) is 9.04. The summed E-state index contributed by atoms with van der Waals surface area (Å²) in [7, 11) is 0. The van der Waals surface area contributed by atoms with Crippen LogP contribution in [0.1, 0.15) is 39.5 Å². The summed E-state index contributed by atoms with van der Waals surface area (Å²) < 4.78 is 19.3. The third-order valence-corrected chi connectivity index (χ3v) is 5.95. The van der Waals surface area contributed by atoms with Crippen molar-refractivity contribution in [2.75, 3.05) is 18.5 Å². The van der Waals surface area contributed by atoms with Crippen LogP contribution in [0.5, 0.6) is 5.75 Å². The van der Waals surface area contributed by atoms with Gasteiger partial charge in [0, 0.05) is 18.3 Å². The number of nitrogens with one attached hydrogen (secondary N) is 1. The molecule has 3 aromatic rings. The highest BCUT2D eigenvalue weighted by molar-refractivity contribution is 5.86. The van der Waals surface area contributed by atoms with Crippen molar-refractivity contribution in [3.05, 3.63) is 36.7 Å². The minimum atomic E-state index is -0.568. The average molecular weight is 440 g/mol. The number of rotatable bonds is 6. The maximum Gasteiger partial charge on any atom is 0.224 e. The van der Waals surface area contributed by atoms with Crippen molar-refractivity contribution in [1.29, 1.82) is 0 Å². The van der Waals surface area contributed by atoms with Crippen molar-refractivity contribution in [2.45, 2.75) is 63.6 Å². The molecule has 2 aromatic heterocycles. The Morgan fingerprint density at radius 2 is 2.06 bits per heavy atom. The number of hydrogen-bond donors (Lipinski definition) is 2. The zero-order valence-corrected chi connectivity index (χ0v) is 18.4. The predicted molar refractivity (Wildman–Crippen MR) is 119 cm³/mol. The number of fused-ring (bicyclic) bond motifs is 1. The number of nitrogens with zero attached hydrogens (tertiary/aromatic N) is 4. The van der Waals surface area contributed by atoms with Gasteiger partial charge in [0.1, 0.15) is 18.5 Å². The molecule has 1 aliphatic carbocycles. The van der Waals surface area contributed by atoms with Gasteiger partial charge < -0.3 is 24.6 Å². The third-order valence-electron chi connectivity index (χ3n) is 5.95. The molecule has 32 heavy (non-hydrogen) atoms. The summed E-state index contributed by atoms with van der Waals surface area (Å²) in [6.07, 6.45) is 6.66. The van der Waals surface area contributed by atoms with Crippen molar-refractivity contribution in [1.82, 2.24) is 19.7 Å². The van der Waals surface area contributed by atoms with E-state index in [2.05, 4.69) is 20.4 Å². The number of hydrogen-bond acceptors (Lipinski definition) is 8. The molecular formula is C23H29N5O4. The van der Waals surface area contributed by atoms with Crippen LogP contribution in [0.3, 0.4) is 0 Å². The Balaban J connectivity index is 1.32. The van der Waals surface area contributed by atoms with E-state index in [0.717, 1.165) is 42.3 Å². The second-order valence-electron chi connectivity index (χ2n) is 8.90. The second kappa shape index (κ2) is 8.65. The van der Waals surface area contributed by atoms with E-state index in [9.17, 15) is 5.11 Å². The first-order valence-electron chi connectivity index (χ1n) is 11.2. The van der Waals surface area contributed by atoms with E-state index >= 15 is 0 Å². The average Bonchev–Trinajstić information content (AvgIpc) is 3.37. The summed E-state index contributed by atoms with van der Waals surface area (Å²) in [5, 5.41) is 18.6. The van der Waals surface area contributed by atoms with E-state index in [-0.39, 0.29) is 18.2 Å². The van der Waals surface area contributed by atoms with Crippen LogP contribution in [0.25, 0.3) is 16.7 Å². The normalized spacial score (nSPS) is 25.2. The Bertz CT molecular complexity index is 1080. The Morgan fingerprint density at radius 1 is 1.22 bits per heavy atom. The molecule has 5 rings (SSSR count). The third kappa shape index (κ3) is 4.55. The van der Waals surface area contributed by atoms with E-state index in [4.69, 9.17) is 14.2 Å². The lowest BCUT2D eigenvalue weighted by Crippen LogP contribution is -2.29. The van der Waals surface area contributed by atoms with Gasteiger partial charge >= 0.3 is 0 Å². The Kier molecular flexibility index (Phi) is 5.71. The number of benzene rings is 1. The van der Waals surface area contributed by atoms with Crippen LogP contribution >= 0.6 is 0 Å². The highest BCUT2D eigenvalue weighted by Crippen LogP contribution is 2.29. The monoisotopic (exact) mass is 439 g/mol. The fourth-order valence-corrected chi connectivity index (χ4v) is 4.30. The summed E-state index contributed by atoms with van der Waals surface area (Å²) >= 11 is 0. The fourth-order valence-electron chi connectivity index (χ4n) is 4.30. The molecule has 0 amide bonds. The minimum absolute atomic E-state index is 0.105. The minimum Gasteiger partial charge on any atom is -0.490 e. The smallest absolute Gasteiger partial charge is 0.224 e. The second-order valence-corrected chi connectivity index (χ2v) is 8.90. The predicted octanol–water partition coefficient (Wildman–Crippen LogP) is 3.06. The molecule has 2 fully saturated rings. The van der Waals surface area contributed by atoms with Gasteiger partial charge in [0.15, 0.2) is 11.6 Å². The van der Waals surface area contributed by atoms with Gasteiger partial charge in [0.2, 0.25) is 5.95 Å². The first-order chi connectivity index (χ1) is 15.5. The van der Waals surface area contributed by atoms with E-state index in [1.807, 2.05) is 38.1 Å². The molecule has 1 aliphatic heterocycles. The standard InChI is InChI=1S/C23H29N5O4/c1-23(2)31-14-17(32-23)13-30-20-5-3-4-19-18(20)12-25-28(19)21-10-11-24-22(27-21)26-15-6-8-16(29)9-7-15/h3-5,10-12,15-17,29H,6-9,13-14H2,1-2H3,(H,24,26,27). The van der Waals surface area contributed by atoms with Gasteiger partial charge in [-0.3, -0.25) is 0 Å². The van der Waals surface area contributed by atoms with Crippen molar-refractivity contribution in [3.63, 3.8) is 0 Å². The van der Waals surface area contributed by atoms with E-state index < -0.39 is 5.79 Å². The summed E-state index contributed by atoms with van der Waals surface area (Å²) in [5.41, 5.74) is 0.900. The van der Waals surface area contributed by atoms with Crippen LogP contribution in [0, 0.1) is 0 Å². The van der Waals surface area contributed by atoms with Crippen LogP contribution in [0.4, 0.5) is 5.95 Å². The zero-order chi connectivity index (χ0) is 22.1. The van der Waals surface area contributed by atoms with E-state index in [0.29, 0.717) is 25.0 Å². The Hall–Kier alpha value is -2.75. The molecule has 9 heteroatoms. The summed E-state index contributed by atoms with van der Waals surface area (Å²) in [5.74, 6) is 1.43.